The van der Waals surface area contributed by atoms with Crippen LogP contribution < -0.4 is 10.6 Å². The number of nitro benzene ring substituents is 1. The molecule has 21 heavy (non-hydrogen) atoms. The zero-order chi connectivity index (χ0) is 15.8. The summed E-state index contributed by atoms with van der Waals surface area (Å²) in [5.74, 6) is 0.397. The van der Waals surface area contributed by atoms with Crippen LogP contribution >= 0.6 is 0 Å². The summed E-state index contributed by atoms with van der Waals surface area (Å²) in [6.07, 6.45) is 0.727. The third kappa shape index (κ3) is 6.35. The van der Waals surface area contributed by atoms with Gasteiger partial charge in [0, 0.05) is 18.2 Å². The third-order valence-corrected chi connectivity index (χ3v) is 3.41. The Hall–Kier alpha value is -1.95. The molecule has 0 bridgehead atoms. The van der Waals surface area contributed by atoms with E-state index in [0.29, 0.717) is 12.5 Å². The maximum atomic E-state index is 11.6. The van der Waals surface area contributed by atoms with Crippen LogP contribution in [0.3, 0.4) is 0 Å². The second-order valence-electron chi connectivity index (χ2n) is 5.45. The first-order chi connectivity index (χ1) is 9.90. The van der Waals surface area contributed by atoms with Crippen molar-refractivity contribution in [1.29, 1.82) is 0 Å². The molecule has 1 atom stereocenters. The Morgan fingerprint density at radius 3 is 2.38 bits per heavy atom. The molecule has 0 spiro atoms. The molecule has 0 aliphatic carbocycles. The van der Waals surface area contributed by atoms with Crippen LogP contribution in [0.4, 0.5) is 5.69 Å². The number of benzene rings is 1. The van der Waals surface area contributed by atoms with Gasteiger partial charge in [-0.1, -0.05) is 26.0 Å². The van der Waals surface area contributed by atoms with Gasteiger partial charge in [-0.15, -0.1) is 0 Å². The van der Waals surface area contributed by atoms with Crippen molar-refractivity contribution in [3.63, 3.8) is 0 Å². The van der Waals surface area contributed by atoms with Gasteiger partial charge in [0.25, 0.3) is 5.69 Å². The molecule has 1 aromatic rings. The largest absolute Gasteiger partial charge is 0.352 e. The molecular weight excluding hydrogens is 270 g/mol. The lowest BCUT2D eigenvalue weighted by Crippen LogP contribution is -2.41. The van der Waals surface area contributed by atoms with E-state index in [0.717, 1.165) is 12.0 Å². The minimum absolute atomic E-state index is 0.0140. The summed E-state index contributed by atoms with van der Waals surface area (Å²) < 4.78 is 0. The van der Waals surface area contributed by atoms with Crippen molar-refractivity contribution in [3.05, 3.63) is 39.9 Å². The minimum Gasteiger partial charge on any atom is -0.352 e. The van der Waals surface area contributed by atoms with Gasteiger partial charge in [-0.05, 0) is 31.4 Å². The molecule has 0 aliphatic heterocycles. The molecule has 0 aliphatic rings. The fourth-order valence-electron chi connectivity index (χ4n) is 1.69. The number of hydrogen-bond donors (Lipinski definition) is 2. The quantitative estimate of drug-likeness (QED) is 0.435. The van der Waals surface area contributed by atoms with E-state index in [1.165, 1.54) is 12.1 Å². The van der Waals surface area contributed by atoms with Gasteiger partial charge in [0.15, 0.2) is 0 Å². The average Bonchev–Trinajstić information content (AvgIpc) is 2.44. The number of carbonyl (C=O) groups excluding carboxylic acids is 1. The van der Waals surface area contributed by atoms with E-state index in [1.807, 2.05) is 6.92 Å². The summed E-state index contributed by atoms with van der Waals surface area (Å²) >= 11 is 0. The Morgan fingerprint density at radius 2 is 1.86 bits per heavy atom. The standard InChI is InChI=1S/C15H23N3O3/c1-11(2)12(3)17-15(19)10-16-9-8-13-4-6-14(7-5-13)18(20)21/h4-7,11-12,16H,8-10H2,1-3H3,(H,17,19). The highest BCUT2D eigenvalue weighted by molar-refractivity contribution is 5.78. The molecule has 6 nitrogen and oxygen atoms in total. The van der Waals surface area contributed by atoms with Crippen molar-refractivity contribution < 1.29 is 9.72 Å². The Balaban J connectivity index is 2.25. The number of carbonyl (C=O) groups is 1. The van der Waals surface area contributed by atoms with E-state index < -0.39 is 4.92 Å². The van der Waals surface area contributed by atoms with E-state index in [-0.39, 0.29) is 24.2 Å². The lowest BCUT2D eigenvalue weighted by atomic mass is 10.1. The van der Waals surface area contributed by atoms with Crippen LogP contribution in [-0.4, -0.2) is 30.0 Å². The van der Waals surface area contributed by atoms with Crippen LogP contribution in [0.25, 0.3) is 0 Å². The van der Waals surface area contributed by atoms with Crippen LogP contribution in [-0.2, 0) is 11.2 Å². The van der Waals surface area contributed by atoms with Crippen LogP contribution in [0.1, 0.15) is 26.3 Å². The molecule has 1 unspecified atom stereocenters. The molecule has 116 valence electrons. The predicted molar refractivity (Wildman–Crippen MR) is 82.1 cm³/mol. The highest BCUT2D eigenvalue weighted by Crippen LogP contribution is 2.11. The summed E-state index contributed by atoms with van der Waals surface area (Å²) in [4.78, 5) is 21.8. The molecule has 1 aromatic carbocycles. The predicted octanol–water partition coefficient (Wildman–Crippen LogP) is 1.89. The summed E-state index contributed by atoms with van der Waals surface area (Å²) in [6.45, 7) is 7.05. The Labute approximate surface area is 125 Å². The molecule has 1 amide bonds. The summed E-state index contributed by atoms with van der Waals surface area (Å²) in [5, 5.41) is 16.5. The van der Waals surface area contributed by atoms with Gasteiger partial charge in [0.05, 0.1) is 11.5 Å². The lowest BCUT2D eigenvalue weighted by molar-refractivity contribution is -0.384. The Morgan fingerprint density at radius 1 is 1.24 bits per heavy atom. The third-order valence-electron chi connectivity index (χ3n) is 3.41. The number of nitrogens with zero attached hydrogens (tertiary/aromatic N) is 1. The first-order valence-electron chi connectivity index (χ1n) is 7.13. The Kier molecular flexibility index (Phi) is 6.81. The van der Waals surface area contributed by atoms with Gasteiger partial charge in [-0.3, -0.25) is 14.9 Å². The summed E-state index contributed by atoms with van der Waals surface area (Å²) in [6, 6.07) is 6.62. The van der Waals surface area contributed by atoms with E-state index in [4.69, 9.17) is 0 Å². The molecule has 0 aromatic heterocycles. The molecule has 0 saturated heterocycles. The van der Waals surface area contributed by atoms with Crippen molar-refractivity contribution in [2.75, 3.05) is 13.1 Å². The molecule has 1 rings (SSSR count). The van der Waals surface area contributed by atoms with Crippen LogP contribution in [0.2, 0.25) is 0 Å². The monoisotopic (exact) mass is 293 g/mol. The molecule has 0 saturated carbocycles. The van der Waals surface area contributed by atoms with Crippen LogP contribution in [0, 0.1) is 16.0 Å². The van der Waals surface area contributed by atoms with Crippen molar-refractivity contribution in [2.24, 2.45) is 5.92 Å². The smallest absolute Gasteiger partial charge is 0.269 e. The number of nitro groups is 1. The van der Waals surface area contributed by atoms with Crippen molar-refractivity contribution in [3.8, 4) is 0 Å². The number of nitrogens with one attached hydrogen (secondary N) is 2. The van der Waals surface area contributed by atoms with E-state index >= 15 is 0 Å². The molecule has 6 heteroatoms. The first-order valence-corrected chi connectivity index (χ1v) is 7.13. The van der Waals surface area contributed by atoms with Gasteiger partial charge in [0.1, 0.15) is 0 Å². The molecule has 0 radical (unpaired) electrons. The number of amides is 1. The van der Waals surface area contributed by atoms with Crippen LogP contribution in [0.15, 0.2) is 24.3 Å². The van der Waals surface area contributed by atoms with E-state index in [1.54, 1.807) is 12.1 Å². The second-order valence-corrected chi connectivity index (χ2v) is 5.45. The second kappa shape index (κ2) is 8.36. The SMILES string of the molecule is CC(C)C(C)NC(=O)CNCCc1ccc([N+](=O)[O-])cc1. The number of rotatable bonds is 8. The molecule has 0 fully saturated rings. The van der Waals surface area contributed by atoms with Gasteiger partial charge in [-0.2, -0.15) is 0 Å². The number of non-ortho nitro benzene ring substituents is 1. The minimum atomic E-state index is -0.414. The van der Waals surface area contributed by atoms with Gasteiger partial charge >= 0.3 is 0 Å². The Bertz CT molecular complexity index is 472. The molecule has 2 N–H and O–H groups in total. The zero-order valence-electron chi connectivity index (χ0n) is 12.8. The van der Waals surface area contributed by atoms with Crippen molar-refractivity contribution in [2.45, 2.75) is 33.2 Å². The van der Waals surface area contributed by atoms with Gasteiger partial charge < -0.3 is 10.6 Å². The highest BCUT2D eigenvalue weighted by atomic mass is 16.6. The fraction of sp³-hybridized carbons (Fsp3) is 0.533. The highest BCUT2D eigenvalue weighted by Gasteiger charge is 2.10. The maximum absolute atomic E-state index is 11.6. The van der Waals surface area contributed by atoms with Crippen molar-refractivity contribution in [1.82, 2.24) is 10.6 Å². The maximum Gasteiger partial charge on any atom is 0.269 e. The topological polar surface area (TPSA) is 84.3 Å². The zero-order valence-corrected chi connectivity index (χ0v) is 12.8. The fourth-order valence-corrected chi connectivity index (χ4v) is 1.69. The van der Waals surface area contributed by atoms with Gasteiger partial charge in [0.2, 0.25) is 5.91 Å². The van der Waals surface area contributed by atoms with Gasteiger partial charge in [-0.25, -0.2) is 0 Å². The van der Waals surface area contributed by atoms with E-state index in [9.17, 15) is 14.9 Å². The number of hydrogen-bond acceptors (Lipinski definition) is 4. The van der Waals surface area contributed by atoms with Crippen molar-refractivity contribution >= 4 is 11.6 Å². The summed E-state index contributed by atoms with van der Waals surface area (Å²) in [7, 11) is 0. The first kappa shape index (κ1) is 17.1. The molecule has 0 heterocycles. The lowest BCUT2D eigenvalue weighted by Gasteiger charge is -2.17. The molecular formula is C15H23N3O3. The average molecular weight is 293 g/mol. The van der Waals surface area contributed by atoms with E-state index in [2.05, 4.69) is 24.5 Å². The summed E-state index contributed by atoms with van der Waals surface area (Å²) in [5.41, 5.74) is 1.10. The normalized spacial score (nSPS) is 12.2. The van der Waals surface area contributed by atoms with Crippen LogP contribution in [0.5, 0.6) is 0 Å².